The number of carbonyl (C=O) groups excluding carboxylic acids is 3. The van der Waals surface area contributed by atoms with Crippen molar-refractivity contribution in [3.63, 3.8) is 0 Å². The van der Waals surface area contributed by atoms with Gasteiger partial charge in [0.2, 0.25) is 0 Å². The number of hydrogen-bond donors (Lipinski definition) is 0. The van der Waals surface area contributed by atoms with Crippen molar-refractivity contribution in [1.29, 1.82) is 0 Å². The zero-order chi connectivity index (χ0) is 45.8. The Morgan fingerprint density at radius 2 is 0.524 bits per heavy atom. The van der Waals surface area contributed by atoms with E-state index in [4.69, 9.17) is 14.2 Å². The van der Waals surface area contributed by atoms with Crippen molar-refractivity contribution in [2.75, 3.05) is 13.2 Å². The van der Waals surface area contributed by atoms with Gasteiger partial charge in [-0.2, -0.15) is 0 Å². The van der Waals surface area contributed by atoms with Gasteiger partial charge in [-0.25, -0.2) is 0 Å². The van der Waals surface area contributed by atoms with Crippen LogP contribution in [0.25, 0.3) is 0 Å². The normalized spacial score (nSPS) is 12.0. The van der Waals surface area contributed by atoms with Crippen LogP contribution in [0.1, 0.15) is 316 Å². The molecule has 0 aromatic carbocycles. The molecule has 1 unspecified atom stereocenters. The van der Waals surface area contributed by atoms with E-state index in [1.807, 2.05) is 0 Å². The zero-order valence-electron chi connectivity index (χ0n) is 42.6. The van der Waals surface area contributed by atoms with E-state index >= 15 is 0 Å². The van der Waals surface area contributed by atoms with Crippen molar-refractivity contribution in [3.05, 3.63) is 12.2 Å². The molecule has 0 bridgehead atoms. The van der Waals surface area contributed by atoms with Gasteiger partial charge in [0.25, 0.3) is 0 Å². The minimum absolute atomic E-state index is 0.0679. The van der Waals surface area contributed by atoms with Gasteiger partial charge in [-0.3, -0.25) is 14.4 Å². The van der Waals surface area contributed by atoms with Crippen LogP contribution in [0, 0.1) is 0 Å². The van der Waals surface area contributed by atoms with Gasteiger partial charge in [0.1, 0.15) is 13.2 Å². The predicted molar refractivity (Wildman–Crippen MR) is 270 cm³/mol. The number of ether oxygens (including phenoxy) is 3. The van der Waals surface area contributed by atoms with Crippen LogP contribution in [-0.2, 0) is 28.6 Å². The highest BCUT2D eigenvalue weighted by atomic mass is 16.6. The minimum atomic E-state index is -0.767. The van der Waals surface area contributed by atoms with Crippen molar-refractivity contribution >= 4 is 17.9 Å². The highest BCUT2D eigenvalue weighted by molar-refractivity contribution is 5.71. The molecule has 0 aliphatic rings. The summed E-state index contributed by atoms with van der Waals surface area (Å²) in [6.07, 6.45) is 59.2. The first-order chi connectivity index (χ1) is 31.0. The molecular formula is C57H108O6. The lowest BCUT2D eigenvalue weighted by Crippen LogP contribution is -2.30. The van der Waals surface area contributed by atoms with Crippen molar-refractivity contribution in [2.24, 2.45) is 0 Å². The van der Waals surface area contributed by atoms with Crippen LogP contribution < -0.4 is 0 Å². The molecule has 0 aliphatic carbocycles. The standard InChI is InChI=1S/C57H108O6/c1-4-7-10-13-16-19-21-23-25-27-28-29-30-32-33-35-38-41-44-47-50-56(59)62-53-54(52-61-55(58)49-46-43-40-37-18-15-12-9-6-3)63-57(60)51-48-45-42-39-36-34-31-26-24-22-20-17-14-11-8-5-2/h26,31,54H,4-25,27-30,32-53H2,1-3H3/b31-26-. The summed E-state index contributed by atoms with van der Waals surface area (Å²) in [4.78, 5) is 38.0. The average molecular weight is 889 g/mol. The van der Waals surface area contributed by atoms with Gasteiger partial charge in [0, 0.05) is 19.3 Å². The van der Waals surface area contributed by atoms with E-state index in [1.54, 1.807) is 0 Å². The van der Waals surface area contributed by atoms with Crippen LogP contribution in [0.5, 0.6) is 0 Å². The van der Waals surface area contributed by atoms with Crippen molar-refractivity contribution < 1.29 is 28.6 Å². The first kappa shape index (κ1) is 61.1. The zero-order valence-corrected chi connectivity index (χ0v) is 42.6. The highest BCUT2D eigenvalue weighted by Crippen LogP contribution is 2.17. The largest absolute Gasteiger partial charge is 0.462 e. The Balaban J connectivity index is 4.22. The molecule has 6 heteroatoms. The highest BCUT2D eigenvalue weighted by Gasteiger charge is 2.19. The Hall–Kier alpha value is -1.85. The Morgan fingerprint density at radius 1 is 0.302 bits per heavy atom. The van der Waals surface area contributed by atoms with Gasteiger partial charge >= 0.3 is 17.9 Å². The van der Waals surface area contributed by atoms with E-state index in [0.717, 1.165) is 64.2 Å². The van der Waals surface area contributed by atoms with Gasteiger partial charge in [0.15, 0.2) is 6.10 Å². The fourth-order valence-electron chi connectivity index (χ4n) is 8.50. The molecule has 0 rings (SSSR count). The van der Waals surface area contributed by atoms with Gasteiger partial charge in [-0.05, 0) is 44.9 Å². The van der Waals surface area contributed by atoms with Crippen LogP contribution in [0.15, 0.2) is 12.2 Å². The molecule has 372 valence electrons. The topological polar surface area (TPSA) is 78.9 Å². The minimum Gasteiger partial charge on any atom is -0.462 e. The molecule has 0 aliphatic heterocycles. The summed E-state index contributed by atoms with van der Waals surface area (Å²) in [6, 6.07) is 0. The molecule has 0 heterocycles. The molecule has 0 spiro atoms. The second-order valence-corrected chi connectivity index (χ2v) is 19.2. The van der Waals surface area contributed by atoms with Crippen molar-refractivity contribution in [3.8, 4) is 0 Å². The maximum atomic E-state index is 12.8. The molecule has 0 radical (unpaired) electrons. The SMILES string of the molecule is CCCCCCCCC/C=C\CCCCCCCC(=O)OC(COC(=O)CCCCCCCCCCC)COC(=O)CCCCCCCCCCCCCCCCCCCCCC. The molecule has 0 amide bonds. The van der Waals surface area contributed by atoms with Crippen LogP contribution in [0.4, 0.5) is 0 Å². The molecule has 0 fully saturated rings. The molecule has 63 heavy (non-hydrogen) atoms. The maximum absolute atomic E-state index is 12.8. The monoisotopic (exact) mass is 889 g/mol. The van der Waals surface area contributed by atoms with E-state index in [0.29, 0.717) is 19.3 Å². The van der Waals surface area contributed by atoms with Gasteiger partial charge in [-0.15, -0.1) is 0 Å². The third-order valence-corrected chi connectivity index (χ3v) is 12.8. The Labute approximate surface area is 392 Å². The van der Waals surface area contributed by atoms with Crippen molar-refractivity contribution in [2.45, 2.75) is 322 Å². The molecule has 0 aromatic heterocycles. The molecule has 6 nitrogen and oxygen atoms in total. The number of carbonyl (C=O) groups is 3. The van der Waals surface area contributed by atoms with E-state index in [1.165, 1.54) is 212 Å². The average Bonchev–Trinajstić information content (AvgIpc) is 3.28. The summed E-state index contributed by atoms with van der Waals surface area (Å²) in [5.41, 5.74) is 0. The van der Waals surface area contributed by atoms with E-state index in [2.05, 4.69) is 32.9 Å². The van der Waals surface area contributed by atoms with Crippen LogP contribution >= 0.6 is 0 Å². The fourth-order valence-corrected chi connectivity index (χ4v) is 8.50. The summed E-state index contributed by atoms with van der Waals surface area (Å²) >= 11 is 0. The van der Waals surface area contributed by atoms with E-state index in [9.17, 15) is 14.4 Å². The van der Waals surface area contributed by atoms with Gasteiger partial charge in [0.05, 0.1) is 0 Å². The number of allylic oxidation sites excluding steroid dienone is 2. The first-order valence-electron chi connectivity index (χ1n) is 28.2. The maximum Gasteiger partial charge on any atom is 0.306 e. The van der Waals surface area contributed by atoms with Crippen LogP contribution in [0.3, 0.4) is 0 Å². The number of unbranched alkanes of at least 4 members (excludes halogenated alkanes) is 39. The smallest absolute Gasteiger partial charge is 0.306 e. The summed E-state index contributed by atoms with van der Waals surface area (Å²) in [6.45, 7) is 6.66. The summed E-state index contributed by atoms with van der Waals surface area (Å²) in [5.74, 6) is -0.858. The van der Waals surface area contributed by atoms with E-state index < -0.39 is 6.10 Å². The molecule has 0 saturated carbocycles. The number of hydrogen-bond acceptors (Lipinski definition) is 6. The number of rotatable bonds is 52. The van der Waals surface area contributed by atoms with Crippen LogP contribution in [-0.4, -0.2) is 37.2 Å². The summed E-state index contributed by atoms with van der Waals surface area (Å²) in [7, 11) is 0. The Morgan fingerprint density at radius 3 is 0.794 bits per heavy atom. The fraction of sp³-hybridized carbons (Fsp3) is 0.912. The van der Waals surface area contributed by atoms with Gasteiger partial charge in [-0.1, -0.05) is 264 Å². The molecule has 1 atom stereocenters. The molecule has 0 aromatic rings. The molecular weight excluding hydrogens is 781 g/mol. The lowest BCUT2D eigenvalue weighted by Gasteiger charge is -2.18. The third-order valence-electron chi connectivity index (χ3n) is 12.8. The second kappa shape index (κ2) is 52.8. The number of esters is 3. The molecule has 0 N–H and O–H groups in total. The summed E-state index contributed by atoms with van der Waals surface area (Å²) < 4.78 is 16.8. The Kier molecular flexibility index (Phi) is 51.2. The lowest BCUT2D eigenvalue weighted by molar-refractivity contribution is -0.167. The quantitative estimate of drug-likeness (QED) is 0.0262. The van der Waals surface area contributed by atoms with Gasteiger partial charge < -0.3 is 14.2 Å². The van der Waals surface area contributed by atoms with Crippen LogP contribution in [0.2, 0.25) is 0 Å². The molecule has 0 saturated heterocycles. The second-order valence-electron chi connectivity index (χ2n) is 19.2. The predicted octanol–water partition coefficient (Wildman–Crippen LogP) is 18.5. The van der Waals surface area contributed by atoms with Crippen molar-refractivity contribution in [1.82, 2.24) is 0 Å². The van der Waals surface area contributed by atoms with E-state index in [-0.39, 0.29) is 31.1 Å². The first-order valence-corrected chi connectivity index (χ1v) is 28.2. The Bertz CT molecular complexity index is 978. The lowest BCUT2D eigenvalue weighted by atomic mass is 10.0. The summed E-state index contributed by atoms with van der Waals surface area (Å²) in [5, 5.41) is 0. The third kappa shape index (κ3) is 51.0.